The molecule has 3 nitrogen and oxygen atoms in total. The third kappa shape index (κ3) is 4.66. The summed E-state index contributed by atoms with van der Waals surface area (Å²) in [5.74, 6) is -0.00623. The first-order valence-corrected chi connectivity index (χ1v) is 6.03. The molecule has 1 amide bonds. The number of rotatable bonds is 3. The van der Waals surface area contributed by atoms with Gasteiger partial charge in [0, 0.05) is 10.2 Å². The van der Waals surface area contributed by atoms with Gasteiger partial charge < -0.3 is 11.1 Å². The van der Waals surface area contributed by atoms with Crippen molar-refractivity contribution in [1.82, 2.24) is 0 Å². The smallest absolute Gasteiger partial charge is 0.241 e. The number of hydrogen-bond acceptors (Lipinski definition) is 2. The van der Waals surface area contributed by atoms with Crippen molar-refractivity contribution in [1.29, 1.82) is 0 Å². The lowest BCUT2D eigenvalue weighted by Gasteiger charge is -2.15. The van der Waals surface area contributed by atoms with E-state index in [-0.39, 0.29) is 24.2 Å². The Labute approximate surface area is 117 Å². The molecule has 3 N–H and O–H groups in total. The van der Waals surface area contributed by atoms with Crippen molar-refractivity contribution in [2.75, 3.05) is 5.32 Å². The standard InChI is InChI=1S/C12H17BrN2O.ClH/c1-7(2)11(14)12(16)15-9-4-5-10(13)8(3)6-9;/h4-7,11H,14H2,1-3H3,(H,15,16);1H. The topological polar surface area (TPSA) is 55.1 Å². The second-order valence-corrected chi connectivity index (χ2v) is 5.08. The van der Waals surface area contributed by atoms with Crippen molar-refractivity contribution >= 4 is 39.9 Å². The highest BCUT2D eigenvalue weighted by atomic mass is 79.9. The maximum Gasteiger partial charge on any atom is 0.241 e. The Hall–Kier alpha value is -0.580. The first kappa shape index (κ1) is 16.4. The average molecular weight is 322 g/mol. The van der Waals surface area contributed by atoms with E-state index < -0.39 is 6.04 Å². The van der Waals surface area contributed by atoms with Crippen LogP contribution in [0.25, 0.3) is 0 Å². The molecular weight excluding hydrogens is 304 g/mol. The number of halogens is 2. The van der Waals surface area contributed by atoms with Gasteiger partial charge in [0.1, 0.15) is 0 Å². The number of aryl methyl sites for hydroxylation is 1. The number of carbonyl (C=O) groups excluding carboxylic acids is 1. The van der Waals surface area contributed by atoms with Crippen molar-refractivity contribution in [2.24, 2.45) is 11.7 Å². The molecule has 0 aromatic heterocycles. The van der Waals surface area contributed by atoms with Crippen LogP contribution in [0, 0.1) is 12.8 Å². The van der Waals surface area contributed by atoms with E-state index in [4.69, 9.17) is 5.73 Å². The normalized spacial score (nSPS) is 11.9. The largest absolute Gasteiger partial charge is 0.325 e. The van der Waals surface area contributed by atoms with Crippen LogP contribution < -0.4 is 11.1 Å². The van der Waals surface area contributed by atoms with Crippen molar-refractivity contribution < 1.29 is 4.79 Å². The minimum atomic E-state index is -0.469. The van der Waals surface area contributed by atoms with Crippen LogP contribution in [-0.2, 0) is 4.79 Å². The molecule has 0 radical (unpaired) electrons. The lowest BCUT2D eigenvalue weighted by atomic mass is 10.0. The maximum atomic E-state index is 11.7. The monoisotopic (exact) mass is 320 g/mol. The first-order valence-electron chi connectivity index (χ1n) is 5.24. The van der Waals surface area contributed by atoms with Crippen LogP contribution >= 0.6 is 28.3 Å². The summed E-state index contributed by atoms with van der Waals surface area (Å²) in [5, 5.41) is 2.81. The number of nitrogens with two attached hydrogens (primary N) is 1. The van der Waals surface area contributed by atoms with Gasteiger partial charge in [-0.2, -0.15) is 0 Å². The molecule has 5 heteroatoms. The van der Waals surface area contributed by atoms with Crippen molar-refractivity contribution in [2.45, 2.75) is 26.8 Å². The molecule has 0 aliphatic rings. The van der Waals surface area contributed by atoms with Crippen LogP contribution in [0.1, 0.15) is 19.4 Å². The van der Waals surface area contributed by atoms with Gasteiger partial charge in [-0.25, -0.2) is 0 Å². The molecule has 1 unspecified atom stereocenters. The van der Waals surface area contributed by atoms with Crippen LogP contribution in [0.15, 0.2) is 22.7 Å². The summed E-state index contributed by atoms with van der Waals surface area (Å²) in [4.78, 5) is 11.7. The minimum Gasteiger partial charge on any atom is -0.325 e. The van der Waals surface area contributed by atoms with Gasteiger partial charge in [0.05, 0.1) is 6.04 Å². The predicted molar refractivity (Wildman–Crippen MR) is 77.6 cm³/mol. The number of anilines is 1. The van der Waals surface area contributed by atoms with Gasteiger partial charge in [0.25, 0.3) is 0 Å². The summed E-state index contributed by atoms with van der Waals surface area (Å²) in [5.41, 5.74) is 7.61. The molecule has 96 valence electrons. The Balaban J connectivity index is 0.00000256. The van der Waals surface area contributed by atoms with Crippen LogP contribution in [-0.4, -0.2) is 11.9 Å². The van der Waals surface area contributed by atoms with Crippen LogP contribution in [0.5, 0.6) is 0 Å². The van der Waals surface area contributed by atoms with Gasteiger partial charge in [0.2, 0.25) is 5.91 Å². The molecular formula is C12H18BrClN2O. The number of carbonyl (C=O) groups is 1. The average Bonchev–Trinajstić information content (AvgIpc) is 2.22. The summed E-state index contributed by atoms with van der Waals surface area (Å²) < 4.78 is 1.03. The lowest BCUT2D eigenvalue weighted by molar-refractivity contribution is -0.118. The summed E-state index contributed by atoms with van der Waals surface area (Å²) >= 11 is 3.41. The highest BCUT2D eigenvalue weighted by Crippen LogP contribution is 2.20. The summed E-state index contributed by atoms with van der Waals surface area (Å²) in [6.07, 6.45) is 0. The van der Waals surface area contributed by atoms with E-state index in [0.29, 0.717) is 0 Å². The Kier molecular flexibility index (Phi) is 6.75. The van der Waals surface area contributed by atoms with Crippen molar-refractivity contribution in [3.63, 3.8) is 0 Å². The quantitative estimate of drug-likeness (QED) is 0.899. The van der Waals surface area contributed by atoms with E-state index in [9.17, 15) is 4.79 Å². The van der Waals surface area contributed by atoms with Gasteiger partial charge in [0.15, 0.2) is 0 Å². The molecule has 0 saturated carbocycles. The highest BCUT2D eigenvalue weighted by molar-refractivity contribution is 9.10. The fraction of sp³-hybridized carbons (Fsp3) is 0.417. The number of benzene rings is 1. The van der Waals surface area contributed by atoms with E-state index in [0.717, 1.165) is 15.7 Å². The van der Waals surface area contributed by atoms with Crippen molar-refractivity contribution in [3.8, 4) is 0 Å². The number of hydrogen-bond donors (Lipinski definition) is 2. The zero-order chi connectivity index (χ0) is 12.3. The molecule has 0 saturated heterocycles. The molecule has 0 fully saturated rings. The molecule has 17 heavy (non-hydrogen) atoms. The van der Waals surface area contributed by atoms with Gasteiger partial charge in [-0.1, -0.05) is 29.8 Å². The summed E-state index contributed by atoms with van der Waals surface area (Å²) in [7, 11) is 0. The molecule has 0 spiro atoms. The van der Waals surface area contributed by atoms with Gasteiger partial charge in [-0.05, 0) is 36.6 Å². The molecule has 0 aliphatic carbocycles. The Bertz CT molecular complexity index is 396. The Morgan fingerprint density at radius 1 is 1.41 bits per heavy atom. The van der Waals surface area contributed by atoms with Gasteiger partial charge in [-0.3, -0.25) is 4.79 Å². The van der Waals surface area contributed by atoms with E-state index >= 15 is 0 Å². The molecule has 1 aromatic carbocycles. The highest BCUT2D eigenvalue weighted by Gasteiger charge is 2.17. The molecule has 0 bridgehead atoms. The maximum absolute atomic E-state index is 11.7. The van der Waals surface area contributed by atoms with Gasteiger partial charge in [-0.15, -0.1) is 12.4 Å². The van der Waals surface area contributed by atoms with Gasteiger partial charge >= 0.3 is 0 Å². The minimum absolute atomic E-state index is 0. The number of amides is 1. The number of nitrogens with one attached hydrogen (secondary N) is 1. The molecule has 0 aliphatic heterocycles. The molecule has 0 heterocycles. The van der Waals surface area contributed by atoms with Crippen LogP contribution in [0.2, 0.25) is 0 Å². The third-order valence-electron chi connectivity index (χ3n) is 2.45. The second kappa shape index (κ2) is 6.99. The second-order valence-electron chi connectivity index (χ2n) is 4.22. The third-order valence-corrected chi connectivity index (χ3v) is 3.34. The van der Waals surface area contributed by atoms with E-state index in [1.54, 1.807) is 0 Å². The van der Waals surface area contributed by atoms with Crippen LogP contribution in [0.4, 0.5) is 5.69 Å². The summed E-state index contributed by atoms with van der Waals surface area (Å²) in [6, 6.07) is 5.20. The summed E-state index contributed by atoms with van der Waals surface area (Å²) in [6.45, 7) is 5.83. The fourth-order valence-electron chi connectivity index (χ4n) is 1.25. The Morgan fingerprint density at radius 2 is 2.00 bits per heavy atom. The zero-order valence-corrected chi connectivity index (χ0v) is 12.6. The van der Waals surface area contributed by atoms with Crippen LogP contribution in [0.3, 0.4) is 0 Å². The van der Waals surface area contributed by atoms with Crippen molar-refractivity contribution in [3.05, 3.63) is 28.2 Å². The fourth-order valence-corrected chi connectivity index (χ4v) is 1.50. The SMILES string of the molecule is Cc1cc(NC(=O)C(N)C(C)C)ccc1Br.Cl. The van der Waals surface area contributed by atoms with E-state index in [1.165, 1.54) is 0 Å². The Morgan fingerprint density at radius 3 is 2.47 bits per heavy atom. The molecule has 1 aromatic rings. The molecule has 1 rings (SSSR count). The zero-order valence-electron chi connectivity index (χ0n) is 10.2. The lowest BCUT2D eigenvalue weighted by Crippen LogP contribution is -2.39. The first-order chi connectivity index (χ1) is 7.41. The predicted octanol–water partition coefficient (Wildman–Crippen LogP) is 3.10. The van der Waals surface area contributed by atoms with E-state index in [2.05, 4.69) is 21.2 Å². The van der Waals surface area contributed by atoms with E-state index in [1.807, 2.05) is 39.0 Å². The molecule has 1 atom stereocenters.